The summed E-state index contributed by atoms with van der Waals surface area (Å²) in [7, 11) is -3.67. The van der Waals surface area contributed by atoms with E-state index in [9.17, 15) is 22.4 Å². The van der Waals surface area contributed by atoms with Gasteiger partial charge in [-0.3, -0.25) is 9.59 Å². The predicted molar refractivity (Wildman–Crippen MR) is 116 cm³/mol. The average molecular weight is 481 g/mol. The molecular formula is C22H22ClFN2O5S. The Morgan fingerprint density at radius 2 is 1.78 bits per heavy atom. The number of ether oxygens (including phenoxy) is 1. The standard InChI is InChI=1S/C22H22ClFN2O5S/c1-14-12-18(27)22-19(7-6-17(24)21(14)22)31-13-20(28)25-8-10-26(11-9-25)32(29,30)16-4-2-15(23)3-5-16/h2-7,14H,8-13H2,1H3. The molecule has 2 aliphatic rings. The highest BCUT2D eigenvalue weighted by molar-refractivity contribution is 7.89. The molecule has 1 unspecified atom stereocenters. The number of hydrogen-bond acceptors (Lipinski definition) is 5. The number of fused-ring (bicyclic) bond motifs is 1. The number of carbonyl (C=O) groups excluding carboxylic acids is 2. The van der Waals surface area contributed by atoms with Crippen LogP contribution in [-0.2, 0) is 14.8 Å². The Morgan fingerprint density at radius 1 is 1.12 bits per heavy atom. The number of benzene rings is 2. The highest BCUT2D eigenvalue weighted by atomic mass is 35.5. The van der Waals surface area contributed by atoms with Gasteiger partial charge in [0.25, 0.3) is 5.91 Å². The van der Waals surface area contributed by atoms with Crippen LogP contribution in [-0.4, -0.2) is 62.1 Å². The third-order valence-electron chi connectivity index (χ3n) is 5.81. The lowest BCUT2D eigenvalue weighted by molar-refractivity contribution is -0.134. The van der Waals surface area contributed by atoms with Crippen LogP contribution in [0.15, 0.2) is 41.3 Å². The van der Waals surface area contributed by atoms with Gasteiger partial charge in [0.15, 0.2) is 12.4 Å². The molecule has 1 aliphatic carbocycles. The van der Waals surface area contributed by atoms with Crippen molar-refractivity contribution in [3.8, 4) is 5.75 Å². The molecule has 7 nitrogen and oxygen atoms in total. The lowest BCUT2D eigenvalue weighted by Gasteiger charge is -2.34. The third kappa shape index (κ3) is 4.24. The second-order valence-electron chi connectivity index (χ2n) is 7.89. The molecular weight excluding hydrogens is 459 g/mol. The Hall–Kier alpha value is -2.49. The van der Waals surface area contributed by atoms with Crippen LogP contribution in [0.3, 0.4) is 0 Å². The van der Waals surface area contributed by atoms with Gasteiger partial charge in [-0.2, -0.15) is 4.31 Å². The van der Waals surface area contributed by atoms with Gasteiger partial charge in [0, 0.05) is 43.2 Å². The van der Waals surface area contributed by atoms with Gasteiger partial charge < -0.3 is 9.64 Å². The quantitative estimate of drug-likeness (QED) is 0.656. The first kappa shape index (κ1) is 22.7. The molecule has 1 fully saturated rings. The van der Waals surface area contributed by atoms with Gasteiger partial charge >= 0.3 is 0 Å². The summed E-state index contributed by atoms with van der Waals surface area (Å²) < 4.78 is 46.6. The van der Waals surface area contributed by atoms with E-state index >= 15 is 0 Å². The summed E-state index contributed by atoms with van der Waals surface area (Å²) in [6.45, 7) is 2.19. The minimum Gasteiger partial charge on any atom is -0.483 e. The number of rotatable bonds is 5. The Kier molecular flexibility index (Phi) is 6.24. The highest BCUT2D eigenvalue weighted by Crippen LogP contribution is 2.39. The van der Waals surface area contributed by atoms with E-state index < -0.39 is 15.8 Å². The van der Waals surface area contributed by atoms with Crippen LogP contribution in [0.2, 0.25) is 5.02 Å². The van der Waals surface area contributed by atoms with Gasteiger partial charge in [0.2, 0.25) is 10.0 Å². The van der Waals surface area contributed by atoms with Crippen LogP contribution in [0, 0.1) is 5.82 Å². The molecule has 0 aromatic heterocycles. The van der Waals surface area contributed by atoms with Crippen LogP contribution < -0.4 is 4.74 Å². The van der Waals surface area contributed by atoms with Crippen LogP contribution in [0.25, 0.3) is 0 Å². The van der Waals surface area contributed by atoms with E-state index in [0.717, 1.165) is 0 Å². The van der Waals surface area contributed by atoms with E-state index in [1.165, 1.54) is 45.6 Å². The Bertz CT molecular complexity index is 1160. The zero-order valence-electron chi connectivity index (χ0n) is 17.4. The van der Waals surface area contributed by atoms with Crippen molar-refractivity contribution >= 4 is 33.3 Å². The minimum absolute atomic E-state index is 0.147. The summed E-state index contributed by atoms with van der Waals surface area (Å²) >= 11 is 5.83. The summed E-state index contributed by atoms with van der Waals surface area (Å²) in [5, 5.41) is 0.447. The van der Waals surface area contributed by atoms with Crippen molar-refractivity contribution in [1.29, 1.82) is 0 Å². The van der Waals surface area contributed by atoms with E-state index in [-0.39, 0.29) is 73.0 Å². The van der Waals surface area contributed by atoms with Gasteiger partial charge in [-0.05, 0) is 42.3 Å². The van der Waals surface area contributed by atoms with Crippen molar-refractivity contribution in [2.75, 3.05) is 32.8 Å². The lowest BCUT2D eigenvalue weighted by Crippen LogP contribution is -2.51. The number of piperazine rings is 1. The van der Waals surface area contributed by atoms with Gasteiger partial charge in [-0.25, -0.2) is 12.8 Å². The second-order valence-corrected chi connectivity index (χ2v) is 10.3. The van der Waals surface area contributed by atoms with Crippen molar-refractivity contribution in [3.05, 3.63) is 58.4 Å². The zero-order valence-corrected chi connectivity index (χ0v) is 19.0. The van der Waals surface area contributed by atoms with Crippen LogP contribution >= 0.6 is 11.6 Å². The van der Waals surface area contributed by atoms with E-state index in [4.69, 9.17) is 16.3 Å². The normalized spacial score (nSPS) is 19.2. The first-order valence-electron chi connectivity index (χ1n) is 10.2. The summed E-state index contributed by atoms with van der Waals surface area (Å²) in [6, 6.07) is 8.55. The number of carbonyl (C=O) groups is 2. The molecule has 0 bridgehead atoms. The Labute approximate surface area is 190 Å². The molecule has 0 saturated carbocycles. The first-order chi connectivity index (χ1) is 15.2. The molecule has 2 aromatic rings. The van der Waals surface area contributed by atoms with Gasteiger partial charge in [0.05, 0.1) is 10.5 Å². The Balaban J connectivity index is 1.37. The second kappa shape index (κ2) is 8.80. The summed E-state index contributed by atoms with van der Waals surface area (Å²) in [6.07, 6.45) is 0.213. The molecule has 1 heterocycles. The number of Topliss-reactive ketones (excluding diaryl/α,β-unsaturated/α-hetero) is 1. The fourth-order valence-corrected chi connectivity index (χ4v) is 5.66. The van der Waals surface area contributed by atoms with Crippen molar-refractivity contribution in [1.82, 2.24) is 9.21 Å². The Morgan fingerprint density at radius 3 is 2.44 bits per heavy atom. The first-order valence-corrected chi connectivity index (χ1v) is 12.0. The van der Waals surface area contributed by atoms with E-state index in [2.05, 4.69) is 0 Å². The molecule has 0 spiro atoms. The molecule has 4 rings (SSSR count). The molecule has 0 N–H and O–H groups in total. The maximum atomic E-state index is 14.1. The average Bonchev–Trinajstić information content (AvgIpc) is 3.08. The highest BCUT2D eigenvalue weighted by Gasteiger charge is 2.33. The molecule has 170 valence electrons. The number of sulfonamides is 1. The number of hydrogen-bond donors (Lipinski definition) is 0. The predicted octanol–water partition coefficient (Wildman–Crippen LogP) is 3.08. The zero-order chi connectivity index (χ0) is 23.0. The van der Waals surface area contributed by atoms with Gasteiger partial charge in [-0.15, -0.1) is 0 Å². The topological polar surface area (TPSA) is 84.0 Å². The van der Waals surface area contributed by atoms with E-state index in [0.29, 0.717) is 10.6 Å². The monoisotopic (exact) mass is 480 g/mol. The van der Waals surface area contributed by atoms with E-state index in [1.54, 1.807) is 6.92 Å². The maximum absolute atomic E-state index is 14.1. The third-order valence-corrected chi connectivity index (χ3v) is 7.98. The summed E-state index contributed by atoms with van der Waals surface area (Å²) in [5.41, 5.74) is 0.546. The molecule has 10 heteroatoms. The van der Waals surface area contributed by atoms with Crippen molar-refractivity contribution in [3.63, 3.8) is 0 Å². The van der Waals surface area contributed by atoms with Gasteiger partial charge in [-0.1, -0.05) is 18.5 Å². The van der Waals surface area contributed by atoms with Crippen molar-refractivity contribution in [2.45, 2.75) is 24.2 Å². The number of halogens is 2. The number of ketones is 1. The fraction of sp³-hybridized carbons (Fsp3) is 0.364. The van der Waals surface area contributed by atoms with Crippen LogP contribution in [0.5, 0.6) is 5.75 Å². The molecule has 0 radical (unpaired) electrons. The molecule has 1 saturated heterocycles. The number of amides is 1. The largest absolute Gasteiger partial charge is 0.483 e. The lowest BCUT2D eigenvalue weighted by atomic mass is 10.0. The smallest absolute Gasteiger partial charge is 0.260 e. The molecule has 1 amide bonds. The SMILES string of the molecule is CC1CC(=O)c2c(OCC(=O)N3CCN(S(=O)(=O)c4ccc(Cl)cc4)CC3)ccc(F)c21. The summed E-state index contributed by atoms with van der Waals surface area (Å²) in [5.74, 6) is -1.00. The van der Waals surface area contributed by atoms with Crippen molar-refractivity contribution in [2.24, 2.45) is 0 Å². The van der Waals surface area contributed by atoms with E-state index in [1.807, 2.05) is 0 Å². The van der Waals surface area contributed by atoms with Crippen molar-refractivity contribution < 1.29 is 27.1 Å². The fourth-order valence-electron chi connectivity index (χ4n) is 4.11. The summed E-state index contributed by atoms with van der Waals surface area (Å²) in [4.78, 5) is 26.5. The van der Waals surface area contributed by atoms with Crippen LogP contribution in [0.4, 0.5) is 4.39 Å². The molecule has 1 atom stereocenters. The maximum Gasteiger partial charge on any atom is 0.260 e. The molecule has 1 aliphatic heterocycles. The minimum atomic E-state index is -3.67. The number of nitrogens with zero attached hydrogens (tertiary/aromatic N) is 2. The van der Waals surface area contributed by atoms with Crippen LogP contribution in [0.1, 0.15) is 35.2 Å². The van der Waals surface area contributed by atoms with Gasteiger partial charge in [0.1, 0.15) is 11.6 Å². The molecule has 2 aromatic carbocycles. The molecule has 32 heavy (non-hydrogen) atoms.